The predicted molar refractivity (Wildman–Crippen MR) is 107 cm³/mol. The summed E-state index contributed by atoms with van der Waals surface area (Å²) in [4.78, 5) is 35.4. The number of hydrogen-bond donors (Lipinski definition) is 1. The lowest BCUT2D eigenvalue weighted by atomic mass is 9.88. The van der Waals surface area contributed by atoms with E-state index in [0.29, 0.717) is 31.2 Å². The molecule has 0 saturated carbocycles. The molecule has 2 N–H and O–H groups in total. The van der Waals surface area contributed by atoms with Crippen LogP contribution in [0, 0.1) is 18.8 Å². The molecule has 29 heavy (non-hydrogen) atoms. The van der Waals surface area contributed by atoms with Crippen LogP contribution in [0.1, 0.15) is 33.5 Å². The number of aromatic nitrogens is 1. The second kappa shape index (κ2) is 7.51. The molecule has 0 unspecified atom stereocenters. The van der Waals surface area contributed by atoms with E-state index in [1.54, 1.807) is 19.0 Å². The van der Waals surface area contributed by atoms with Gasteiger partial charge in [-0.15, -0.1) is 0 Å². The second-order valence-electron chi connectivity index (χ2n) is 8.10. The van der Waals surface area contributed by atoms with Gasteiger partial charge < -0.3 is 24.9 Å². The molecule has 1 aromatic carbocycles. The molecule has 3 atom stereocenters. The summed E-state index contributed by atoms with van der Waals surface area (Å²) in [7, 11) is 3.56. The van der Waals surface area contributed by atoms with Crippen molar-refractivity contribution in [1.29, 1.82) is 0 Å². The van der Waals surface area contributed by atoms with Crippen molar-refractivity contribution in [1.82, 2.24) is 19.7 Å². The lowest BCUT2D eigenvalue weighted by molar-refractivity contribution is 0.0760. The molecule has 8 nitrogen and oxygen atoms in total. The molecular weight excluding hydrogens is 370 g/mol. The largest absolute Gasteiger partial charge is 0.447 e. The number of amides is 3. The highest BCUT2D eigenvalue weighted by Gasteiger charge is 2.51. The normalized spacial score (nSPS) is 23.4. The van der Waals surface area contributed by atoms with Crippen LogP contribution in [0.3, 0.4) is 0 Å². The zero-order valence-corrected chi connectivity index (χ0v) is 17.0. The fraction of sp³-hybridized carbons (Fsp3) is 0.476. The maximum Gasteiger partial charge on any atom is 0.320 e. The Morgan fingerprint density at radius 3 is 2.66 bits per heavy atom. The maximum absolute atomic E-state index is 12.9. The molecule has 2 fully saturated rings. The highest BCUT2D eigenvalue weighted by molar-refractivity contribution is 5.92. The number of hydrogen-bond acceptors (Lipinski definition) is 5. The first kappa shape index (κ1) is 19.4. The highest BCUT2D eigenvalue weighted by atomic mass is 16.3. The average Bonchev–Trinajstić information content (AvgIpc) is 3.41. The Balaban J connectivity index is 1.61. The molecule has 3 heterocycles. The summed E-state index contributed by atoms with van der Waals surface area (Å²) in [5.74, 6) is 0.628. The first-order chi connectivity index (χ1) is 13.9. The molecule has 1 aromatic heterocycles. The van der Waals surface area contributed by atoms with E-state index in [4.69, 9.17) is 10.2 Å². The molecule has 2 saturated heterocycles. The quantitative estimate of drug-likeness (QED) is 0.853. The van der Waals surface area contributed by atoms with Gasteiger partial charge in [-0.25, -0.2) is 9.78 Å². The number of likely N-dealkylation sites (tertiary alicyclic amines) is 2. The molecule has 0 bridgehead atoms. The molecule has 0 radical (unpaired) electrons. The Morgan fingerprint density at radius 2 is 2.00 bits per heavy atom. The van der Waals surface area contributed by atoms with Crippen molar-refractivity contribution in [3.05, 3.63) is 53.2 Å². The molecule has 0 aliphatic carbocycles. The maximum atomic E-state index is 12.9. The van der Waals surface area contributed by atoms with Crippen molar-refractivity contribution in [3.8, 4) is 0 Å². The van der Waals surface area contributed by atoms with Crippen LogP contribution >= 0.6 is 0 Å². The molecule has 2 aliphatic rings. The van der Waals surface area contributed by atoms with Gasteiger partial charge in [0.25, 0.3) is 5.91 Å². The second-order valence-corrected chi connectivity index (χ2v) is 8.10. The molecule has 4 rings (SSSR count). The van der Waals surface area contributed by atoms with Crippen LogP contribution in [0.2, 0.25) is 0 Å². The molecule has 8 heteroatoms. The van der Waals surface area contributed by atoms with Crippen LogP contribution in [-0.4, -0.2) is 65.4 Å². The zero-order chi connectivity index (χ0) is 20.7. The number of carbonyl (C=O) groups excluding carboxylic acids is 2. The number of oxazole rings is 1. The van der Waals surface area contributed by atoms with Gasteiger partial charge in [-0.3, -0.25) is 4.79 Å². The van der Waals surface area contributed by atoms with Crippen molar-refractivity contribution in [3.63, 3.8) is 0 Å². The van der Waals surface area contributed by atoms with Crippen LogP contribution in [-0.2, 0) is 6.54 Å². The molecular formula is C21H27N5O3. The van der Waals surface area contributed by atoms with Crippen molar-refractivity contribution < 1.29 is 14.0 Å². The molecule has 0 spiro atoms. The SMILES string of the molecule is Cc1ccccc1[C@H]1[C@@H]2CN(C(=O)c3coc(CN)n3)C[C@@H]2CN1C(=O)N(C)C. The third kappa shape index (κ3) is 3.37. The van der Waals surface area contributed by atoms with Crippen molar-refractivity contribution in [2.24, 2.45) is 17.6 Å². The number of nitrogens with two attached hydrogens (primary N) is 1. The molecule has 2 aliphatic heterocycles. The Labute approximate surface area is 170 Å². The van der Waals surface area contributed by atoms with E-state index < -0.39 is 0 Å². The first-order valence-electron chi connectivity index (χ1n) is 9.88. The van der Waals surface area contributed by atoms with Crippen LogP contribution in [0.5, 0.6) is 0 Å². The van der Waals surface area contributed by atoms with E-state index in [2.05, 4.69) is 24.0 Å². The van der Waals surface area contributed by atoms with Crippen LogP contribution in [0.25, 0.3) is 0 Å². The van der Waals surface area contributed by atoms with Crippen molar-refractivity contribution >= 4 is 11.9 Å². The summed E-state index contributed by atoms with van der Waals surface area (Å²) in [6, 6.07) is 8.14. The molecule has 154 valence electrons. The average molecular weight is 397 g/mol. The van der Waals surface area contributed by atoms with Gasteiger partial charge in [0, 0.05) is 45.6 Å². The zero-order valence-electron chi connectivity index (χ0n) is 17.0. The van der Waals surface area contributed by atoms with Crippen molar-refractivity contribution in [2.75, 3.05) is 33.7 Å². The predicted octanol–water partition coefficient (Wildman–Crippen LogP) is 1.87. The summed E-state index contributed by atoms with van der Waals surface area (Å²) in [5, 5.41) is 0. The number of aryl methyl sites for hydroxylation is 1. The molecule has 2 aromatic rings. The van der Waals surface area contributed by atoms with E-state index >= 15 is 0 Å². The number of nitrogens with zero attached hydrogens (tertiary/aromatic N) is 4. The smallest absolute Gasteiger partial charge is 0.320 e. The first-order valence-corrected chi connectivity index (χ1v) is 9.88. The summed E-state index contributed by atoms with van der Waals surface area (Å²) in [5.41, 5.74) is 8.13. The number of fused-ring (bicyclic) bond motifs is 1. The van der Waals surface area contributed by atoms with E-state index in [-0.39, 0.29) is 36.4 Å². The summed E-state index contributed by atoms with van der Waals surface area (Å²) >= 11 is 0. The minimum absolute atomic E-state index is 0.00891. The van der Waals surface area contributed by atoms with Gasteiger partial charge in [-0.05, 0) is 18.1 Å². The fourth-order valence-corrected chi connectivity index (χ4v) is 4.65. The monoisotopic (exact) mass is 397 g/mol. The lowest BCUT2D eigenvalue weighted by Crippen LogP contribution is -2.42. The van der Waals surface area contributed by atoms with Crippen LogP contribution < -0.4 is 5.73 Å². The van der Waals surface area contributed by atoms with Gasteiger partial charge in [-0.2, -0.15) is 0 Å². The third-order valence-electron chi connectivity index (χ3n) is 6.03. The standard InChI is InChI=1S/C21H27N5O3/c1-13-6-4-5-7-15(13)19-16-11-25(20(27)17-12-29-18(8-22)23-17)9-14(16)10-26(19)21(28)24(2)3/h4-7,12,14,16,19H,8-11,22H2,1-3H3/t14-,16-,19+/m1/s1. The minimum atomic E-state index is -0.142. The Bertz CT molecular complexity index is 925. The molecule has 3 amide bonds. The van der Waals surface area contributed by atoms with Gasteiger partial charge in [0.2, 0.25) is 5.89 Å². The fourth-order valence-electron chi connectivity index (χ4n) is 4.65. The van der Waals surface area contributed by atoms with Gasteiger partial charge in [0.1, 0.15) is 6.26 Å². The number of carbonyl (C=O) groups is 2. The van der Waals surface area contributed by atoms with Crippen LogP contribution in [0.15, 0.2) is 34.9 Å². The lowest BCUT2D eigenvalue weighted by Gasteiger charge is -2.32. The number of rotatable bonds is 3. The highest BCUT2D eigenvalue weighted by Crippen LogP contribution is 2.46. The van der Waals surface area contributed by atoms with E-state index in [0.717, 1.165) is 11.1 Å². The number of urea groups is 1. The topological polar surface area (TPSA) is 95.9 Å². The van der Waals surface area contributed by atoms with E-state index in [1.807, 2.05) is 21.9 Å². The van der Waals surface area contributed by atoms with Crippen LogP contribution in [0.4, 0.5) is 4.79 Å². The van der Waals surface area contributed by atoms with Gasteiger partial charge in [0.05, 0.1) is 12.6 Å². The Kier molecular flexibility index (Phi) is 5.04. The third-order valence-corrected chi connectivity index (χ3v) is 6.03. The Morgan fingerprint density at radius 1 is 1.24 bits per heavy atom. The summed E-state index contributed by atoms with van der Waals surface area (Å²) in [6.45, 7) is 4.06. The van der Waals surface area contributed by atoms with E-state index in [9.17, 15) is 9.59 Å². The Hall–Kier alpha value is -2.87. The van der Waals surface area contributed by atoms with E-state index in [1.165, 1.54) is 6.26 Å². The van der Waals surface area contributed by atoms with Gasteiger partial charge >= 0.3 is 6.03 Å². The van der Waals surface area contributed by atoms with Gasteiger partial charge in [-0.1, -0.05) is 24.3 Å². The van der Waals surface area contributed by atoms with Crippen molar-refractivity contribution in [2.45, 2.75) is 19.5 Å². The van der Waals surface area contributed by atoms with Gasteiger partial charge in [0.15, 0.2) is 5.69 Å². The minimum Gasteiger partial charge on any atom is -0.447 e. The summed E-state index contributed by atoms with van der Waals surface area (Å²) in [6.07, 6.45) is 1.37. The number of benzene rings is 1. The summed E-state index contributed by atoms with van der Waals surface area (Å²) < 4.78 is 5.23.